The van der Waals surface area contributed by atoms with E-state index < -0.39 is 15.9 Å². The molecule has 1 rings (SSSR count). The second-order valence-corrected chi connectivity index (χ2v) is 6.56. The Morgan fingerprint density at radius 1 is 1.53 bits per heavy atom. The molecule has 0 saturated heterocycles. The molecule has 2 N–H and O–H groups in total. The van der Waals surface area contributed by atoms with Crippen LogP contribution in [0.1, 0.15) is 12.2 Å². The van der Waals surface area contributed by atoms with Gasteiger partial charge in [0, 0.05) is 13.3 Å². The number of halogens is 1. The van der Waals surface area contributed by atoms with E-state index in [4.69, 9.17) is 10.2 Å². The third kappa shape index (κ3) is 6.60. The van der Waals surface area contributed by atoms with Gasteiger partial charge in [0.15, 0.2) is 0 Å². The molecule has 0 spiro atoms. The van der Waals surface area contributed by atoms with E-state index in [0.29, 0.717) is 12.3 Å². The first-order valence-electron chi connectivity index (χ1n) is 5.50. The van der Waals surface area contributed by atoms with Crippen LogP contribution in [0.4, 0.5) is 0 Å². The minimum atomic E-state index is -3.10. The van der Waals surface area contributed by atoms with Crippen molar-refractivity contribution in [1.29, 1.82) is 0 Å². The van der Waals surface area contributed by atoms with Crippen LogP contribution in [0, 0.1) is 0 Å². The highest BCUT2D eigenvalue weighted by molar-refractivity contribution is 7.90. The first-order valence-corrected chi connectivity index (χ1v) is 7.56. The highest BCUT2D eigenvalue weighted by atomic mass is 35.5. The van der Waals surface area contributed by atoms with Crippen LogP contribution in [-0.2, 0) is 21.2 Å². The van der Waals surface area contributed by atoms with Gasteiger partial charge >= 0.3 is 0 Å². The molecule has 0 fully saturated rings. The summed E-state index contributed by atoms with van der Waals surface area (Å²) in [6, 6.07) is 2.68. The summed E-state index contributed by atoms with van der Waals surface area (Å²) in [4.78, 5) is 13.3. The molecule has 6 nitrogen and oxygen atoms in total. The average molecular weight is 311 g/mol. The second-order valence-electron chi connectivity index (χ2n) is 4.30. The highest BCUT2D eigenvalue weighted by Crippen LogP contribution is 2.06. The topological polar surface area (TPSA) is 93.6 Å². The molecule has 8 heteroatoms. The molecule has 0 aliphatic carbocycles. The van der Waals surface area contributed by atoms with Crippen LogP contribution in [0.5, 0.6) is 0 Å². The zero-order chi connectivity index (χ0) is 13.8. The summed E-state index contributed by atoms with van der Waals surface area (Å²) >= 11 is 0. The minimum absolute atomic E-state index is 0. The number of nitrogens with two attached hydrogens (primary N) is 1. The number of hydrogen-bond donors (Lipinski definition) is 1. The van der Waals surface area contributed by atoms with Gasteiger partial charge in [0.2, 0.25) is 5.91 Å². The summed E-state index contributed by atoms with van der Waals surface area (Å²) in [5.41, 5.74) is 5.67. The number of nitrogens with zero attached hydrogens (tertiary/aromatic N) is 1. The van der Waals surface area contributed by atoms with Gasteiger partial charge in [0.1, 0.15) is 15.6 Å². The summed E-state index contributed by atoms with van der Waals surface area (Å²) in [6.45, 7) is 0.318. The van der Waals surface area contributed by atoms with Gasteiger partial charge in [-0.15, -0.1) is 12.4 Å². The fraction of sp³-hybridized carbons (Fsp3) is 0.545. The van der Waals surface area contributed by atoms with Crippen LogP contribution in [0.2, 0.25) is 0 Å². The maximum atomic E-state index is 11.9. The number of amides is 1. The van der Waals surface area contributed by atoms with Crippen molar-refractivity contribution in [3.05, 3.63) is 24.2 Å². The van der Waals surface area contributed by atoms with Gasteiger partial charge in [-0.25, -0.2) is 8.42 Å². The Bertz CT molecular complexity index is 487. The molecule has 110 valence electrons. The van der Waals surface area contributed by atoms with Crippen molar-refractivity contribution in [3.63, 3.8) is 0 Å². The maximum absolute atomic E-state index is 11.9. The van der Waals surface area contributed by atoms with E-state index in [1.165, 1.54) is 11.2 Å². The Labute approximate surface area is 119 Å². The van der Waals surface area contributed by atoms with E-state index in [-0.39, 0.29) is 30.5 Å². The van der Waals surface area contributed by atoms with Crippen molar-refractivity contribution in [3.8, 4) is 0 Å². The van der Waals surface area contributed by atoms with Gasteiger partial charge in [-0.05, 0) is 18.6 Å². The van der Waals surface area contributed by atoms with E-state index in [1.54, 1.807) is 19.2 Å². The molecule has 1 aromatic heterocycles. The summed E-state index contributed by atoms with van der Waals surface area (Å²) in [6.07, 6.45) is 2.77. The Balaban J connectivity index is 0.00000324. The minimum Gasteiger partial charge on any atom is -0.467 e. The lowest BCUT2D eigenvalue weighted by Crippen LogP contribution is -2.42. The first kappa shape index (κ1) is 17.9. The van der Waals surface area contributed by atoms with Crippen LogP contribution in [-0.4, -0.2) is 44.3 Å². The fourth-order valence-corrected chi connectivity index (χ4v) is 2.14. The number of sulfone groups is 1. The third-order valence-corrected chi connectivity index (χ3v) is 3.44. The standard InChI is InChI=1S/C11H18N2O4S.ClH/c1-13(8-9-4-3-6-17-9)11(14)10(12)5-7-18(2,15)16;/h3-4,6,10H,5,7-8,12H2,1-2H3;1H. The highest BCUT2D eigenvalue weighted by Gasteiger charge is 2.20. The number of rotatable bonds is 6. The Kier molecular flexibility index (Phi) is 7.10. The Morgan fingerprint density at radius 3 is 2.63 bits per heavy atom. The van der Waals surface area contributed by atoms with Crippen LogP contribution in [0.15, 0.2) is 22.8 Å². The molecule has 1 atom stereocenters. The number of carbonyl (C=O) groups excluding carboxylic acids is 1. The molecule has 1 heterocycles. The van der Waals surface area contributed by atoms with Crippen LogP contribution in [0.25, 0.3) is 0 Å². The lowest BCUT2D eigenvalue weighted by molar-refractivity contribution is -0.132. The molecule has 0 aromatic carbocycles. The van der Waals surface area contributed by atoms with Crippen molar-refractivity contribution in [2.75, 3.05) is 19.1 Å². The predicted octanol–water partition coefficient (Wildman–Crippen LogP) is 0.422. The maximum Gasteiger partial charge on any atom is 0.239 e. The van der Waals surface area contributed by atoms with Crippen molar-refractivity contribution in [2.45, 2.75) is 19.0 Å². The van der Waals surface area contributed by atoms with E-state index in [0.717, 1.165) is 6.26 Å². The Morgan fingerprint density at radius 2 is 2.16 bits per heavy atom. The van der Waals surface area contributed by atoms with Crippen molar-refractivity contribution in [2.24, 2.45) is 5.73 Å². The molecule has 19 heavy (non-hydrogen) atoms. The molecule has 1 aromatic rings. The van der Waals surface area contributed by atoms with E-state index in [9.17, 15) is 13.2 Å². The van der Waals surface area contributed by atoms with Crippen LogP contribution in [0.3, 0.4) is 0 Å². The lowest BCUT2D eigenvalue weighted by atomic mass is 10.2. The van der Waals surface area contributed by atoms with Crippen molar-refractivity contribution < 1.29 is 17.6 Å². The van der Waals surface area contributed by atoms with Crippen LogP contribution < -0.4 is 5.73 Å². The number of carbonyl (C=O) groups is 1. The first-order chi connectivity index (χ1) is 8.29. The molecular weight excluding hydrogens is 292 g/mol. The number of likely N-dealkylation sites (N-methyl/N-ethyl adjacent to an activating group) is 1. The van der Waals surface area contributed by atoms with Crippen molar-refractivity contribution >= 4 is 28.2 Å². The molecular formula is C11H19ClN2O4S. The number of furan rings is 1. The Hall–Kier alpha value is -1.05. The van der Waals surface area contributed by atoms with Crippen LogP contribution >= 0.6 is 12.4 Å². The van der Waals surface area contributed by atoms with E-state index >= 15 is 0 Å². The molecule has 1 unspecified atom stereocenters. The summed E-state index contributed by atoms with van der Waals surface area (Å²) in [7, 11) is -1.50. The summed E-state index contributed by atoms with van der Waals surface area (Å²) in [5.74, 6) is 0.269. The monoisotopic (exact) mass is 310 g/mol. The largest absolute Gasteiger partial charge is 0.467 e. The SMILES string of the molecule is CN(Cc1ccco1)C(=O)C(N)CCS(C)(=O)=O.Cl. The smallest absolute Gasteiger partial charge is 0.239 e. The van der Waals surface area contributed by atoms with Gasteiger partial charge in [-0.1, -0.05) is 0 Å². The van der Waals surface area contributed by atoms with Crippen molar-refractivity contribution in [1.82, 2.24) is 4.90 Å². The van der Waals surface area contributed by atoms with Gasteiger partial charge < -0.3 is 15.1 Å². The second kappa shape index (κ2) is 7.52. The van der Waals surface area contributed by atoms with E-state index in [1.807, 2.05) is 0 Å². The van der Waals surface area contributed by atoms with Gasteiger partial charge in [-0.2, -0.15) is 0 Å². The quantitative estimate of drug-likeness (QED) is 0.822. The zero-order valence-corrected chi connectivity index (χ0v) is 12.5. The molecule has 1 amide bonds. The van der Waals surface area contributed by atoms with E-state index in [2.05, 4.69) is 0 Å². The summed E-state index contributed by atoms with van der Waals surface area (Å²) in [5, 5.41) is 0. The molecule has 0 bridgehead atoms. The molecule has 0 aliphatic rings. The normalized spacial score (nSPS) is 12.6. The van der Waals surface area contributed by atoms with Gasteiger partial charge in [0.05, 0.1) is 24.6 Å². The molecule has 0 aliphatic heterocycles. The fourth-order valence-electron chi connectivity index (χ4n) is 1.46. The average Bonchev–Trinajstić information content (AvgIpc) is 2.76. The third-order valence-electron chi connectivity index (χ3n) is 2.47. The van der Waals surface area contributed by atoms with Gasteiger partial charge in [0.25, 0.3) is 0 Å². The number of hydrogen-bond acceptors (Lipinski definition) is 5. The zero-order valence-electron chi connectivity index (χ0n) is 10.9. The molecule has 0 saturated carbocycles. The predicted molar refractivity (Wildman–Crippen MR) is 74.7 cm³/mol. The summed E-state index contributed by atoms with van der Waals surface area (Å²) < 4.78 is 27.1. The molecule has 0 radical (unpaired) electrons. The van der Waals surface area contributed by atoms with Gasteiger partial charge in [-0.3, -0.25) is 4.79 Å². The lowest BCUT2D eigenvalue weighted by Gasteiger charge is -2.20.